The van der Waals surface area contributed by atoms with Crippen molar-refractivity contribution < 1.29 is 14.3 Å². The van der Waals surface area contributed by atoms with E-state index in [-0.39, 0.29) is 11.9 Å². The number of hydrogen-bond acceptors (Lipinski definition) is 4. The number of nitrogens with one attached hydrogen (secondary N) is 1. The molecule has 21 heavy (non-hydrogen) atoms. The van der Waals surface area contributed by atoms with E-state index in [0.29, 0.717) is 12.6 Å². The Bertz CT molecular complexity index is 376. The molecule has 1 aliphatic heterocycles. The molecule has 0 bridgehead atoms. The Morgan fingerprint density at radius 2 is 2.00 bits per heavy atom. The molecule has 0 aromatic rings. The monoisotopic (exact) mass is 298 g/mol. The van der Waals surface area contributed by atoms with Gasteiger partial charge in [0.15, 0.2) is 0 Å². The maximum Gasteiger partial charge on any atom is 0.319 e. The lowest BCUT2D eigenvalue weighted by Gasteiger charge is -2.36. The molecule has 1 fully saturated rings. The zero-order valence-corrected chi connectivity index (χ0v) is 14.2. The highest BCUT2D eigenvalue weighted by atomic mass is 16.5. The smallest absolute Gasteiger partial charge is 0.319 e. The molecule has 0 aliphatic carbocycles. The lowest BCUT2D eigenvalue weighted by atomic mass is 9.79. The number of nitrogens with zero attached hydrogens (tertiary/aromatic N) is 1. The first kappa shape index (κ1) is 18.0. The maximum atomic E-state index is 12.5. The fourth-order valence-electron chi connectivity index (χ4n) is 2.78. The lowest BCUT2D eigenvalue weighted by Crippen LogP contribution is -2.51. The van der Waals surface area contributed by atoms with E-state index < -0.39 is 17.3 Å². The summed E-state index contributed by atoms with van der Waals surface area (Å²) in [6.45, 7) is 10.9. The molecule has 1 heterocycles. The molecule has 0 spiro atoms. The summed E-state index contributed by atoms with van der Waals surface area (Å²) in [5, 5.41) is 3.05. The van der Waals surface area contributed by atoms with Crippen molar-refractivity contribution >= 4 is 11.9 Å². The minimum Gasteiger partial charge on any atom is -0.465 e. The van der Waals surface area contributed by atoms with Gasteiger partial charge in [-0.1, -0.05) is 20.8 Å². The molecular formula is C16H30N2O3. The number of esters is 1. The summed E-state index contributed by atoms with van der Waals surface area (Å²) >= 11 is 0. The van der Waals surface area contributed by atoms with Crippen LogP contribution in [0.1, 0.15) is 47.5 Å². The van der Waals surface area contributed by atoms with Crippen LogP contribution in [0.5, 0.6) is 0 Å². The van der Waals surface area contributed by atoms with E-state index in [4.69, 9.17) is 4.74 Å². The normalized spacial score (nSPS) is 25.2. The zero-order chi connectivity index (χ0) is 16.2. The van der Waals surface area contributed by atoms with Gasteiger partial charge in [0.2, 0.25) is 5.91 Å². The highest BCUT2D eigenvalue weighted by Crippen LogP contribution is 2.28. The molecular weight excluding hydrogens is 268 g/mol. The molecule has 1 rings (SSSR count). The van der Waals surface area contributed by atoms with Gasteiger partial charge >= 0.3 is 5.97 Å². The standard InChI is InChI=1S/C16H30N2O3/c1-7-21-15(20)13(16(3,4)5)14(19)17-12-8-9-18(6)11(2)10-12/h11-13H,7-10H2,1-6H3,(H,17,19). The van der Waals surface area contributed by atoms with Crippen molar-refractivity contribution in [1.82, 2.24) is 10.2 Å². The number of amides is 1. The molecule has 0 saturated carbocycles. The van der Waals surface area contributed by atoms with E-state index in [1.165, 1.54) is 0 Å². The maximum absolute atomic E-state index is 12.5. The van der Waals surface area contributed by atoms with Gasteiger partial charge in [0.1, 0.15) is 5.92 Å². The van der Waals surface area contributed by atoms with Crippen molar-refractivity contribution in [3.63, 3.8) is 0 Å². The van der Waals surface area contributed by atoms with Crippen LogP contribution in [0.3, 0.4) is 0 Å². The zero-order valence-electron chi connectivity index (χ0n) is 14.2. The molecule has 0 radical (unpaired) electrons. The summed E-state index contributed by atoms with van der Waals surface area (Å²) in [6, 6.07) is 0.586. The average molecular weight is 298 g/mol. The predicted molar refractivity (Wildman–Crippen MR) is 82.8 cm³/mol. The van der Waals surface area contributed by atoms with E-state index in [0.717, 1.165) is 19.4 Å². The first-order valence-corrected chi connectivity index (χ1v) is 7.84. The van der Waals surface area contributed by atoms with Crippen molar-refractivity contribution in [1.29, 1.82) is 0 Å². The first-order chi connectivity index (χ1) is 9.66. The van der Waals surface area contributed by atoms with E-state index in [1.807, 2.05) is 20.8 Å². The van der Waals surface area contributed by atoms with Crippen molar-refractivity contribution in [3.05, 3.63) is 0 Å². The number of ether oxygens (including phenoxy) is 1. The average Bonchev–Trinajstić information content (AvgIpc) is 2.32. The molecule has 3 unspecified atom stereocenters. The molecule has 5 nitrogen and oxygen atoms in total. The second kappa shape index (κ2) is 7.25. The number of likely N-dealkylation sites (tertiary alicyclic amines) is 1. The molecule has 3 atom stereocenters. The molecule has 1 N–H and O–H groups in total. The number of carbonyl (C=O) groups is 2. The number of piperidine rings is 1. The van der Waals surface area contributed by atoms with Crippen molar-refractivity contribution in [3.8, 4) is 0 Å². The Morgan fingerprint density at radius 1 is 1.38 bits per heavy atom. The Labute approximate surface area is 128 Å². The van der Waals surface area contributed by atoms with E-state index in [1.54, 1.807) is 6.92 Å². The van der Waals surface area contributed by atoms with Crippen LogP contribution in [-0.4, -0.2) is 49.1 Å². The van der Waals surface area contributed by atoms with E-state index in [9.17, 15) is 9.59 Å². The molecule has 122 valence electrons. The Balaban J connectivity index is 2.71. The van der Waals surface area contributed by atoms with E-state index in [2.05, 4.69) is 24.2 Å². The Kier molecular flexibility index (Phi) is 6.20. The molecule has 1 saturated heterocycles. The van der Waals surface area contributed by atoms with Gasteiger partial charge in [0.05, 0.1) is 6.61 Å². The van der Waals surface area contributed by atoms with Crippen LogP contribution in [0.2, 0.25) is 0 Å². The second-order valence-electron chi connectivity index (χ2n) is 7.11. The highest BCUT2D eigenvalue weighted by Gasteiger charge is 2.40. The summed E-state index contributed by atoms with van der Waals surface area (Å²) in [5.74, 6) is -1.39. The van der Waals surface area contributed by atoms with Gasteiger partial charge in [-0.2, -0.15) is 0 Å². The molecule has 1 amide bonds. The molecule has 1 aliphatic rings. The van der Waals surface area contributed by atoms with Gasteiger partial charge in [0.25, 0.3) is 0 Å². The third kappa shape index (κ3) is 4.99. The highest BCUT2D eigenvalue weighted by molar-refractivity contribution is 5.98. The quantitative estimate of drug-likeness (QED) is 0.635. The van der Waals surface area contributed by atoms with Crippen molar-refractivity contribution in [2.45, 2.75) is 59.5 Å². The fraction of sp³-hybridized carbons (Fsp3) is 0.875. The summed E-state index contributed by atoms with van der Waals surface area (Å²) in [6.07, 6.45) is 1.84. The second-order valence-corrected chi connectivity index (χ2v) is 7.11. The van der Waals surface area contributed by atoms with Gasteiger partial charge < -0.3 is 15.0 Å². The molecule has 0 aromatic heterocycles. The van der Waals surface area contributed by atoms with Crippen LogP contribution in [0.4, 0.5) is 0 Å². The van der Waals surface area contributed by atoms with Gasteiger partial charge in [-0.05, 0) is 39.2 Å². The summed E-state index contributed by atoms with van der Waals surface area (Å²) < 4.78 is 5.07. The number of carbonyl (C=O) groups excluding carboxylic acids is 2. The number of rotatable bonds is 4. The van der Waals surface area contributed by atoms with Crippen LogP contribution < -0.4 is 5.32 Å². The Morgan fingerprint density at radius 3 is 2.48 bits per heavy atom. The van der Waals surface area contributed by atoms with Gasteiger partial charge in [0, 0.05) is 18.6 Å². The van der Waals surface area contributed by atoms with Crippen molar-refractivity contribution in [2.75, 3.05) is 20.2 Å². The topological polar surface area (TPSA) is 58.6 Å². The third-order valence-corrected chi connectivity index (χ3v) is 4.21. The SMILES string of the molecule is CCOC(=O)C(C(=O)NC1CCN(C)C(C)C1)C(C)(C)C. The van der Waals surface area contributed by atoms with Crippen LogP contribution in [0.15, 0.2) is 0 Å². The summed E-state index contributed by atoms with van der Waals surface area (Å²) in [4.78, 5) is 26.9. The van der Waals surface area contributed by atoms with E-state index >= 15 is 0 Å². The minimum atomic E-state index is -0.757. The largest absolute Gasteiger partial charge is 0.465 e. The van der Waals surface area contributed by atoms with Gasteiger partial charge in [-0.25, -0.2) is 0 Å². The van der Waals surface area contributed by atoms with Gasteiger partial charge in [-0.15, -0.1) is 0 Å². The first-order valence-electron chi connectivity index (χ1n) is 7.84. The van der Waals surface area contributed by atoms with Crippen LogP contribution >= 0.6 is 0 Å². The minimum absolute atomic E-state index is 0.142. The third-order valence-electron chi connectivity index (χ3n) is 4.21. The van der Waals surface area contributed by atoms with Crippen LogP contribution in [-0.2, 0) is 14.3 Å². The van der Waals surface area contributed by atoms with Crippen LogP contribution in [0, 0.1) is 11.3 Å². The molecule has 0 aromatic carbocycles. The van der Waals surface area contributed by atoms with Gasteiger partial charge in [-0.3, -0.25) is 9.59 Å². The Hall–Kier alpha value is -1.10. The van der Waals surface area contributed by atoms with Crippen LogP contribution in [0.25, 0.3) is 0 Å². The number of hydrogen-bond donors (Lipinski definition) is 1. The molecule has 5 heteroatoms. The van der Waals surface area contributed by atoms with Crippen molar-refractivity contribution in [2.24, 2.45) is 11.3 Å². The summed E-state index contributed by atoms with van der Waals surface area (Å²) in [5.41, 5.74) is -0.451. The lowest BCUT2D eigenvalue weighted by molar-refractivity contribution is -0.157. The summed E-state index contributed by atoms with van der Waals surface area (Å²) in [7, 11) is 2.10. The fourth-order valence-corrected chi connectivity index (χ4v) is 2.78. The predicted octanol–water partition coefficient (Wildman–Crippen LogP) is 1.81.